The maximum Gasteiger partial charge on any atom is 0.251 e. The average Bonchev–Trinajstić information content (AvgIpc) is 3.22. The zero-order valence-electron chi connectivity index (χ0n) is 15.5. The Balaban J connectivity index is 1.69. The van der Waals surface area contributed by atoms with Crippen molar-refractivity contribution in [2.24, 2.45) is 0 Å². The number of rotatable bonds is 7. The van der Waals surface area contributed by atoms with Crippen LogP contribution in [0.3, 0.4) is 0 Å². The molecule has 140 valence electrons. The van der Waals surface area contributed by atoms with E-state index in [1.807, 2.05) is 37.7 Å². The second kappa shape index (κ2) is 8.75. The lowest BCUT2D eigenvalue weighted by molar-refractivity contribution is 0.0942. The van der Waals surface area contributed by atoms with Crippen molar-refractivity contribution in [3.05, 3.63) is 64.6 Å². The van der Waals surface area contributed by atoms with E-state index in [4.69, 9.17) is 4.74 Å². The normalized spacial score (nSPS) is 12.0. The Morgan fingerprint density at radius 3 is 2.56 bits per heavy atom. The van der Waals surface area contributed by atoms with E-state index in [0.717, 1.165) is 5.56 Å². The molecule has 1 atom stereocenters. The van der Waals surface area contributed by atoms with Gasteiger partial charge in [0, 0.05) is 34.9 Å². The van der Waals surface area contributed by atoms with Gasteiger partial charge in [0.25, 0.3) is 5.91 Å². The molecule has 3 rings (SSSR count). The molecule has 0 aliphatic rings. The highest BCUT2D eigenvalue weighted by Gasteiger charge is 2.17. The number of hydrogen-bond acceptors (Lipinski definition) is 6. The molecule has 0 saturated carbocycles. The highest BCUT2D eigenvalue weighted by atomic mass is 32.1. The number of benzene rings is 1. The predicted molar refractivity (Wildman–Crippen MR) is 107 cm³/mol. The Hall–Kier alpha value is -2.77. The van der Waals surface area contributed by atoms with Crippen LogP contribution in [0.4, 0.5) is 0 Å². The number of carbonyl (C=O) groups is 1. The fraction of sp³-hybridized carbons (Fsp3) is 0.250. The Bertz CT molecular complexity index is 879. The molecule has 0 aliphatic carbocycles. The van der Waals surface area contributed by atoms with Crippen molar-refractivity contribution in [2.75, 3.05) is 27.7 Å². The van der Waals surface area contributed by atoms with Gasteiger partial charge in [-0.1, -0.05) is 18.2 Å². The quantitative estimate of drug-likeness (QED) is 0.679. The molecule has 1 amide bonds. The third kappa shape index (κ3) is 4.50. The van der Waals surface area contributed by atoms with Gasteiger partial charge in [0.05, 0.1) is 13.2 Å². The number of hydrogen-bond donors (Lipinski definition) is 1. The van der Waals surface area contributed by atoms with E-state index in [9.17, 15) is 4.79 Å². The fourth-order valence-electron chi connectivity index (χ4n) is 2.76. The monoisotopic (exact) mass is 382 g/mol. The van der Waals surface area contributed by atoms with Crippen LogP contribution in [0.5, 0.6) is 5.88 Å². The van der Waals surface area contributed by atoms with Crippen LogP contribution in [0, 0.1) is 0 Å². The van der Waals surface area contributed by atoms with Crippen molar-refractivity contribution in [1.82, 2.24) is 20.2 Å². The minimum absolute atomic E-state index is 0.101. The first-order chi connectivity index (χ1) is 13.1. The maximum absolute atomic E-state index is 12.5. The standard InChI is InChI=1S/C20H22N4O2S/c1-24(2)16(17-5-4-12-27-17)13-23-19(25)15-8-6-14(7-9-15)18-20(26-3)22-11-10-21-18/h4-12,16H,13H2,1-3H3,(H,23,25)/t16-/m0/s1. The molecule has 0 bridgehead atoms. The van der Waals surface area contributed by atoms with Crippen LogP contribution in [0.2, 0.25) is 0 Å². The summed E-state index contributed by atoms with van der Waals surface area (Å²) in [6.45, 7) is 0.548. The van der Waals surface area contributed by atoms with Crippen molar-refractivity contribution in [3.8, 4) is 17.1 Å². The van der Waals surface area contributed by atoms with Crippen LogP contribution >= 0.6 is 11.3 Å². The molecule has 0 spiro atoms. The van der Waals surface area contributed by atoms with Gasteiger partial charge in [-0.25, -0.2) is 9.97 Å². The number of nitrogens with zero attached hydrogens (tertiary/aromatic N) is 3. The molecule has 7 heteroatoms. The number of ether oxygens (including phenoxy) is 1. The maximum atomic E-state index is 12.5. The molecular weight excluding hydrogens is 360 g/mol. The van der Waals surface area contributed by atoms with Gasteiger partial charge in [-0.2, -0.15) is 0 Å². The van der Waals surface area contributed by atoms with E-state index in [1.54, 1.807) is 43.0 Å². The van der Waals surface area contributed by atoms with Crippen molar-refractivity contribution >= 4 is 17.2 Å². The molecule has 1 aromatic carbocycles. The lowest BCUT2D eigenvalue weighted by atomic mass is 10.1. The molecule has 6 nitrogen and oxygen atoms in total. The Labute approximate surface area is 162 Å². The first kappa shape index (κ1) is 19.0. The average molecular weight is 382 g/mol. The summed E-state index contributed by atoms with van der Waals surface area (Å²) in [5.41, 5.74) is 2.10. The number of methoxy groups -OCH3 is 1. The lowest BCUT2D eigenvalue weighted by Crippen LogP contribution is -2.34. The number of aromatic nitrogens is 2. The van der Waals surface area contributed by atoms with Crippen molar-refractivity contribution in [2.45, 2.75) is 6.04 Å². The van der Waals surface area contributed by atoms with Crippen molar-refractivity contribution in [3.63, 3.8) is 0 Å². The van der Waals surface area contributed by atoms with E-state index in [1.165, 1.54) is 4.88 Å². The third-order valence-electron chi connectivity index (χ3n) is 4.23. The van der Waals surface area contributed by atoms with Crippen LogP contribution in [0.25, 0.3) is 11.3 Å². The SMILES string of the molecule is COc1nccnc1-c1ccc(C(=O)NC[C@@H](c2cccs2)N(C)C)cc1. The topological polar surface area (TPSA) is 67.3 Å². The molecule has 0 aliphatic heterocycles. The van der Waals surface area contributed by atoms with E-state index in [-0.39, 0.29) is 11.9 Å². The Morgan fingerprint density at radius 1 is 1.19 bits per heavy atom. The highest BCUT2D eigenvalue weighted by Crippen LogP contribution is 2.25. The summed E-state index contributed by atoms with van der Waals surface area (Å²) in [6.07, 6.45) is 3.20. The number of carbonyl (C=O) groups excluding carboxylic acids is 1. The van der Waals surface area contributed by atoms with Gasteiger partial charge in [0.2, 0.25) is 5.88 Å². The van der Waals surface area contributed by atoms with Gasteiger partial charge in [0.1, 0.15) is 5.69 Å². The molecule has 0 fully saturated rings. The van der Waals surface area contributed by atoms with Gasteiger partial charge >= 0.3 is 0 Å². The Morgan fingerprint density at radius 2 is 1.93 bits per heavy atom. The second-order valence-electron chi connectivity index (χ2n) is 6.20. The van der Waals surface area contributed by atoms with E-state index >= 15 is 0 Å². The smallest absolute Gasteiger partial charge is 0.251 e. The third-order valence-corrected chi connectivity index (χ3v) is 5.20. The molecule has 2 heterocycles. The van der Waals surface area contributed by atoms with Crippen LogP contribution in [-0.2, 0) is 0 Å². The van der Waals surface area contributed by atoms with Gasteiger partial charge < -0.3 is 15.0 Å². The Kier molecular flexibility index (Phi) is 6.16. The van der Waals surface area contributed by atoms with Gasteiger partial charge in [0.15, 0.2) is 0 Å². The fourth-order valence-corrected chi connectivity index (χ4v) is 3.68. The largest absolute Gasteiger partial charge is 0.479 e. The highest BCUT2D eigenvalue weighted by molar-refractivity contribution is 7.10. The number of likely N-dealkylation sites (N-methyl/N-ethyl adjacent to an activating group) is 1. The predicted octanol–water partition coefficient (Wildman–Crippen LogP) is 3.25. The van der Waals surface area contributed by atoms with Crippen LogP contribution < -0.4 is 10.1 Å². The first-order valence-electron chi connectivity index (χ1n) is 8.53. The van der Waals surface area contributed by atoms with Crippen LogP contribution in [-0.4, -0.2) is 48.5 Å². The first-order valence-corrected chi connectivity index (χ1v) is 9.41. The molecule has 0 radical (unpaired) electrons. The second-order valence-corrected chi connectivity index (χ2v) is 7.18. The minimum atomic E-state index is -0.101. The zero-order valence-corrected chi connectivity index (χ0v) is 16.4. The van der Waals surface area contributed by atoms with Gasteiger partial charge in [-0.05, 0) is 37.7 Å². The van der Waals surface area contributed by atoms with E-state index in [0.29, 0.717) is 23.7 Å². The minimum Gasteiger partial charge on any atom is -0.479 e. The number of amides is 1. The van der Waals surface area contributed by atoms with Crippen LogP contribution in [0.1, 0.15) is 21.3 Å². The summed E-state index contributed by atoms with van der Waals surface area (Å²) in [6, 6.07) is 11.5. The van der Waals surface area contributed by atoms with Crippen molar-refractivity contribution in [1.29, 1.82) is 0 Å². The van der Waals surface area contributed by atoms with Gasteiger partial charge in [-0.3, -0.25) is 4.79 Å². The van der Waals surface area contributed by atoms with Crippen molar-refractivity contribution < 1.29 is 9.53 Å². The number of thiophene rings is 1. The zero-order chi connectivity index (χ0) is 19.2. The summed E-state index contributed by atoms with van der Waals surface area (Å²) < 4.78 is 5.24. The number of nitrogens with one attached hydrogen (secondary N) is 1. The summed E-state index contributed by atoms with van der Waals surface area (Å²) in [4.78, 5) is 24.3. The molecule has 0 saturated heterocycles. The molecule has 0 unspecified atom stereocenters. The lowest BCUT2D eigenvalue weighted by Gasteiger charge is -2.23. The van der Waals surface area contributed by atoms with E-state index in [2.05, 4.69) is 26.3 Å². The summed E-state index contributed by atoms with van der Waals surface area (Å²) in [5, 5.41) is 5.07. The summed E-state index contributed by atoms with van der Waals surface area (Å²) in [7, 11) is 5.59. The van der Waals surface area contributed by atoms with E-state index < -0.39 is 0 Å². The molecular formula is C20H22N4O2S. The molecule has 1 N–H and O–H groups in total. The van der Waals surface area contributed by atoms with Gasteiger partial charge in [-0.15, -0.1) is 11.3 Å². The molecule has 27 heavy (non-hydrogen) atoms. The summed E-state index contributed by atoms with van der Waals surface area (Å²) >= 11 is 1.69. The molecule has 3 aromatic rings. The van der Waals surface area contributed by atoms with Crippen LogP contribution in [0.15, 0.2) is 54.2 Å². The summed E-state index contributed by atoms with van der Waals surface area (Å²) in [5.74, 6) is 0.357. The molecule has 2 aromatic heterocycles.